The number of fused-ring (bicyclic) bond motifs is 1. The van der Waals surface area contributed by atoms with Crippen molar-refractivity contribution in [3.8, 4) is 0 Å². The third kappa shape index (κ3) is 3.01. The second-order valence-electron chi connectivity index (χ2n) is 6.57. The number of aromatic nitrogens is 2. The topological polar surface area (TPSA) is 95.3 Å². The van der Waals surface area contributed by atoms with E-state index >= 15 is 0 Å². The van der Waals surface area contributed by atoms with Crippen molar-refractivity contribution in [2.45, 2.75) is 45.2 Å². The monoisotopic (exact) mass is 342 g/mol. The van der Waals surface area contributed by atoms with Gasteiger partial charge in [-0.05, 0) is 39.2 Å². The molecule has 1 atom stereocenters. The summed E-state index contributed by atoms with van der Waals surface area (Å²) in [7, 11) is 0. The van der Waals surface area contributed by atoms with Crippen LogP contribution < -0.4 is 10.7 Å². The molecule has 1 aromatic heterocycles. The molecule has 0 bridgehead atoms. The summed E-state index contributed by atoms with van der Waals surface area (Å²) in [4.78, 5) is 38.4. The van der Waals surface area contributed by atoms with Crippen LogP contribution >= 0.6 is 0 Å². The molecule has 25 heavy (non-hydrogen) atoms. The van der Waals surface area contributed by atoms with E-state index in [1.807, 2.05) is 13.8 Å². The van der Waals surface area contributed by atoms with Gasteiger partial charge >= 0.3 is 0 Å². The number of benzene rings is 1. The quantitative estimate of drug-likeness (QED) is 0.819. The number of amides is 1. The Kier molecular flexibility index (Phi) is 4.57. The summed E-state index contributed by atoms with van der Waals surface area (Å²) in [5.41, 5.74) is -0.158. The van der Waals surface area contributed by atoms with Gasteiger partial charge in [-0.2, -0.15) is 5.10 Å². The molecule has 0 spiro atoms. The Balaban J connectivity index is 2.17. The van der Waals surface area contributed by atoms with Crippen molar-refractivity contribution in [3.63, 3.8) is 0 Å². The van der Waals surface area contributed by atoms with Crippen molar-refractivity contribution in [1.82, 2.24) is 14.7 Å². The number of aliphatic carboxylic acids is 1. The first-order chi connectivity index (χ1) is 11.9. The summed E-state index contributed by atoms with van der Waals surface area (Å²) in [6.07, 6.45) is 1.84. The van der Waals surface area contributed by atoms with Gasteiger partial charge < -0.3 is 14.8 Å². The fourth-order valence-corrected chi connectivity index (χ4v) is 3.27. The lowest BCUT2D eigenvalue weighted by Crippen LogP contribution is -2.53. The summed E-state index contributed by atoms with van der Waals surface area (Å²) in [5, 5.41) is 16.5. The van der Waals surface area contributed by atoms with Gasteiger partial charge in [0.1, 0.15) is 0 Å². The van der Waals surface area contributed by atoms with Crippen molar-refractivity contribution < 1.29 is 14.7 Å². The molecular formula is C18H20N3O4-. The Hall–Kier alpha value is -2.70. The van der Waals surface area contributed by atoms with Crippen LogP contribution in [0.1, 0.15) is 49.6 Å². The Morgan fingerprint density at radius 2 is 1.88 bits per heavy atom. The molecule has 0 radical (unpaired) electrons. The molecule has 1 amide bonds. The van der Waals surface area contributed by atoms with E-state index in [4.69, 9.17) is 0 Å². The van der Waals surface area contributed by atoms with E-state index in [0.29, 0.717) is 23.7 Å². The molecule has 0 saturated carbocycles. The second kappa shape index (κ2) is 6.66. The van der Waals surface area contributed by atoms with Crippen LogP contribution in [-0.4, -0.2) is 39.1 Å². The first kappa shape index (κ1) is 17.1. The maximum Gasteiger partial charge on any atom is 0.275 e. The van der Waals surface area contributed by atoms with E-state index in [0.717, 1.165) is 12.8 Å². The smallest absolute Gasteiger partial charge is 0.275 e. The number of carboxylic acids is 1. The predicted octanol–water partition coefficient (Wildman–Crippen LogP) is 0.722. The minimum atomic E-state index is -1.26. The first-order valence-corrected chi connectivity index (χ1v) is 8.45. The number of rotatable bonds is 3. The SMILES string of the molecule is CC(C)n1nc(C(=O)N2CCCC[C@H]2C(=O)[O-])c2ccccc2c1=O. The van der Waals surface area contributed by atoms with Gasteiger partial charge in [-0.25, -0.2) is 4.68 Å². The van der Waals surface area contributed by atoms with Gasteiger partial charge in [0.15, 0.2) is 5.69 Å². The van der Waals surface area contributed by atoms with E-state index in [1.165, 1.54) is 9.58 Å². The second-order valence-corrected chi connectivity index (χ2v) is 6.57. The maximum atomic E-state index is 13.1. The molecule has 3 rings (SSSR count). The predicted molar refractivity (Wildman–Crippen MR) is 90.1 cm³/mol. The number of nitrogens with zero attached hydrogens (tertiary/aromatic N) is 3. The first-order valence-electron chi connectivity index (χ1n) is 8.45. The molecular weight excluding hydrogens is 322 g/mol. The Labute approximate surface area is 144 Å². The van der Waals surface area contributed by atoms with Gasteiger partial charge in [-0.1, -0.05) is 18.2 Å². The summed E-state index contributed by atoms with van der Waals surface area (Å²) in [6, 6.07) is 5.60. The van der Waals surface area contributed by atoms with Crippen molar-refractivity contribution in [2.75, 3.05) is 6.54 Å². The average molecular weight is 342 g/mol. The summed E-state index contributed by atoms with van der Waals surface area (Å²) >= 11 is 0. The molecule has 2 heterocycles. The number of piperidine rings is 1. The van der Waals surface area contributed by atoms with E-state index in [2.05, 4.69) is 5.10 Å². The van der Waals surface area contributed by atoms with Gasteiger partial charge in [-0.15, -0.1) is 0 Å². The van der Waals surface area contributed by atoms with E-state index in [1.54, 1.807) is 24.3 Å². The van der Waals surface area contributed by atoms with Crippen molar-refractivity contribution in [1.29, 1.82) is 0 Å². The lowest BCUT2D eigenvalue weighted by molar-refractivity contribution is -0.311. The van der Waals surface area contributed by atoms with Crippen LogP contribution in [0, 0.1) is 0 Å². The van der Waals surface area contributed by atoms with Gasteiger partial charge in [0.2, 0.25) is 0 Å². The number of carbonyl (C=O) groups is 2. The van der Waals surface area contributed by atoms with Crippen LogP contribution in [0.5, 0.6) is 0 Å². The van der Waals surface area contributed by atoms with E-state index < -0.39 is 17.9 Å². The molecule has 7 nitrogen and oxygen atoms in total. The van der Waals surface area contributed by atoms with Crippen LogP contribution in [0.2, 0.25) is 0 Å². The molecule has 1 aliphatic heterocycles. The van der Waals surface area contributed by atoms with Gasteiger partial charge in [0, 0.05) is 11.9 Å². The maximum absolute atomic E-state index is 13.1. The van der Waals surface area contributed by atoms with E-state index in [9.17, 15) is 19.5 Å². The third-order valence-electron chi connectivity index (χ3n) is 4.56. The number of carbonyl (C=O) groups excluding carboxylic acids is 2. The van der Waals surface area contributed by atoms with Crippen LogP contribution in [0.15, 0.2) is 29.1 Å². The van der Waals surface area contributed by atoms with Gasteiger partial charge in [0.25, 0.3) is 11.5 Å². The third-order valence-corrected chi connectivity index (χ3v) is 4.56. The minimum Gasteiger partial charge on any atom is -0.548 e. The summed E-state index contributed by atoms with van der Waals surface area (Å²) in [6.45, 7) is 3.96. The molecule has 1 fully saturated rings. The Morgan fingerprint density at radius 3 is 2.52 bits per heavy atom. The normalized spacial score (nSPS) is 17.9. The zero-order valence-electron chi connectivity index (χ0n) is 14.3. The highest BCUT2D eigenvalue weighted by Crippen LogP contribution is 2.22. The molecule has 132 valence electrons. The Morgan fingerprint density at radius 1 is 1.20 bits per heavy atom. The van der Waals surface area contributed by atoms with Crippen LogP contribution in [0.4, 0.5) is 0 Å². The van der Waals surface area contributed by atoms with Gasteiger partial charge in [-0.3, -0.25) is 9.59 Å². The highest BCUT2D eigenvalue weighted by molar-refractivity contribution is 6.05. The van der Waals surface area contributed by atoms with Crippen LogP contribution in [0.25, 0.3) is 10.8 Å². The minimum absolute atomic E-state index is 0.108. The summed E-state index contributed by atoms with van der Waals surface area (Å²) < 4.78 is 1.27. The van der Waals surface area contributed by atoms with Crippen molar-refractivity contribution in [2.24, 2.45) is 0 Å². The van der Waals surface area contributed by atoms with Crippen LogP contribution in [-0.2, 0) is 4.79 Å². The Bertz CT molecular complexity index is 888. The standard InChI is InChI=1S/C18H21N3O4/c1-11(2)21-16(22)13-8-4-3-7-12(13)15(19-21)17(23)20-10-6-5-9-14(20)18(24)25/h3-4,7-8,11,14H,5-6,9-10H2,1-2H3,(H,24,25)/p-1/t14-/m0/s1. The number of hydrogen-bond donors (Lipinski definition) is 0. The number of likely N-dealkylation sites (tertiary alicyclic amines) is 1. The molecule has 7 heteroatoms. The zero-order valence-corrected chi connectivity index (χ0v) is 14.3. The molecule has 0 unspecified atom stereocenters. The highest BCUT2D eigenvalue weighted by atomic mass is 16.4. The molecule has 0 N–H and O–H groups in total. The number of carboxylic acid groups (broad SMARTS) is 1. The molecule has 2 aromatic rings. The van der Waals surface area contributed by atoms with Crippen molar-refractivity contribution in [3.05, 3.63) is 40.3 Å². The van der Waals surface area contributed by atoms with Crippen LogP contribution in [0.3, 0.4) is 0 Å². The zero-order chi connectivity index (χ0) is 18.1. The van der Waals surface area contributed by atoms with Gasteiger partial charge in [0.05, 0.1) is 23.4 Å². The summed E-state index contributed by atoms with van der Waals surface area (Å²) in [5.74, 6) is -1.73. The molecule has 1 aliphatic rings. The molecule has 0 aliphatic carbocycles. The average Bonchev–Trinajstić information content (AvgIpc) is 2.61. The highest BCUT2D eigenvalue weighted by Gasteiger charge is 2.31. The molecule has 1 aromatic carbocycles. The lowest BCUT2D eigenvalue weighted by Gasteiger charge is -2.36. The fraction of sp³-hybridized carbons (Fsp3) is 0.444. The number of hydrogen-bond acceptors (Lipinski definition) is 5. The lowest BCUT2D eigenvalue weighted by atomic mass is 10.0. The van der Waals surface area contributed by atoms with E-state index in [-0.39, 0.29) is 17.3 Å². The molecule has 1 saturated heterocycles. The largest absolute Gasteiger partial charge is 0.548 e. The fourth-order valence-electron chi connectivity index (χ4n) is 3.27. The van der Waals surface area contributed by atoms with Crippen molar-refractivity contribution >= 4 is 22.6 Å².